The Bertz CT molecular complexity index is 1130. The smallest absolute Gasteiger partial charge is 0.255 e. The number of anilines is 1. The summed E-state index contributed by atoms with van der Waals surface area (Å²) in [5.74, 6) is -1.42. The van der Waals surface area contributed by atoms with Crippen LogP contribution in [-0.2, 0) is 16.6 Å². The van der Waals surface area contributed by atoms with Gasteiger partial charge in [0.25, 0.3) is 5.91 Å². The third kappa shape index (κ3) is 4.88. The Morgan fingerprint density at radius 1 is 1.00 bits per heavy atom. The van der Waals surface area contributed by atoms with Crippen molar-refractivity contribution in [3.8, 4) is 0 Å². The minimum Gasteiger partial charge on any atom is -0.322 e. The molecule has 0 atom stereocenters. The van der Waals surface area contributed by atoms with Crippen LogP contribution in [0.15, 0.2) is 77.7 Å². The first-order valence-corrected chi connectivity index (χ1v) is 10.4. The summed E-state index contributed by atoms with van der Waals surface area (Å²) in [7, 11) is -2.75. The maximum absolute atomic E-state index is 14.4. The van der Waals surface area contributed by atoms with Gasteiger partial charge in [-0.15, -0.1) is 0 Å². The second-order valence-corrected chi connectivity index (χ2v) is 8.73. The van der Waals surface area contributed by atoms with Gasteiger partial charge in [-0.1, -0.05) is 42.5 Å². The fourth-order valence-corrected chi connectivity index (χ4v) is 4.11. The monoisotopic (exact) mass is 412 g/mol. The van der Waals surface area contributed by atoms with E-state index in [4.69, 9.17) is 0 Å². The second kappa shape index (κ2) is 8.55. The molecule has 0 heterocycles. The third-order valence-electron chi connectivity index (χ3n) is 4.41. The highest BCUT2D eigenvalue weighted by Gasteiger charge is 2.26. The van der Waals surface area contributed by atoms with Crippen molar-refractivity contribution in [3.05, 3.63) is 95.3 Å². The fourth-order valence-electron chi connectivity index (χ4n) is 2.86. The van der Waals surface area contributed by atoms with Crippen molar-refractivity contribution < 1.29 is 17.6 Å². The summed E-state index contributed by atoms with van der Waals surface area (Å²) in [6.07, 6.45) is 0. The van der Waals surface area contributed by atoms with Crippen LogP contribution < -0.4 is 5.32 Å². The summed E-state index contributed by atoms with van der Waals surface area (Å²) >= 11 is 0. The molecule has 0 spiro atoms. The van der Waals surface area contributed by atoms with Gasteiger partial charge in [-0.25, -0.2) is 12.8 Å². The van der Waals surface area contributed by atoms with E-state index in [9.17, 15) is 17.6 Å². The van der Waals surface area contributed by atoms with Crippen LogP contribution in [0.3, 0.4) is 0 Å². The van der Waals surface area contributed by atoms with Gasteiger partial charge in [-0.05, 0) is 48.4 Å². The summed E-state index contributed by atoms with van der Waals surface area (Å²) in [6, 6.07) is 19.5. The highest BCUT2D eigenvalue weighted by atomic mass is 32.2. The van der Waals surface area contributed by atoms with Gasteiger partial charge in [0, 0.05) is 24.8 Å². The molecule has 29 heavy (non-hydrogen) atoms. The van der Waals surface area contributed by atoms with E-state index >= 15 is 0 Å². The Morgan fingerprint density at radius 3 is 2.41 bits per heavy atom. The van der Waals surface area contributed by atoms with Crippen molar-refractivity contribution in [2.45, 2.75) is 18.4 Å². The standard InChI is InChI=1S/C22H21FN2O3S/c1-16-7-6-10-19(13-16)24-22(26)18-11-12-20(23)21(14-18)29(27,28)25(2)15-17-8-4-3-5-9-17/h3-14H,15H2,1-2H3,(H,24,26). The molecule has 3 aromatic carbocycles. The first kappa shape index (κ1) is 20.7. The molecule has 0 aliphatic heterocycles. The number of halogens is 1. The van der Waals surface area contributed by atoms with E-state index in [1.807, 2.05) is 19.1 Å². The minimum absolute atomic E-state index is 0.0552. The van der Waals surface area contributed by atoms with Crippen molar-refractivity contribution in [1.82, 2.24) is 4.31 Å². The highest BCUT2D eigenvalue weighted by molar-refractivity contribution is 7.89. The molecule has 0 aliphatic rings. The molecule has 7 heteroatoms. The van der Waals surface area contributed by atoms with Crippen LogP contribution in [0.2, 0.25) is 0 Å². The number of carbonyl (C=O) groups is 1. The lowest BCUT2D eigenvalue weighted by Gasteiger charge is -2.18. The van der Waals surface area contributed by atoms with Crippen LogP contribution >= 0.6 is 0 Å². The van der Waals surface area contributed by atoms with Crippen LogP contribution in [-0.4, -0.2) is 25.7 Å². The van der Waals surface area contributed by atoms with Crippen LogP contribution in [0.5, 0.6) is 0 Å². The fraction of sp³-hybridized carbons (Fsp3) is 0.136. The average Bonchev–Trinajstić information content (AvgIpc) is 2.69. The lowest BCUT2D eigenvalue weighted by atomic mass is 10.2. The molecule has 0 radical (unpaired) electrons. The molecule has 0 bridgehead atoms. The number of aryl methyl sites for hydroxylation is 1. The topological polar surface area (TPSA) is 66.5 Å². The number of amides is 1. The number of hydrogen-bond donors (Lipinski definition) is 1. The molecule has 0 saturated heterocycles. The largest absolute Gasteiger partial charge is 0.322 e. The van der Waals surface area contributed by atoms with Crippen LogP contribution in [0.1, 0.15) is 21.5 Å². The van der Waals surface area contributed by atoms with Gasteiger partial charge in [0.05, 0.1) is 0 Å². The summed E-state index contributed by atoms with van der Waals surface area (Å²) in [5.41, 5.74) is 2.37. The molecule has 0 unspecified atom stereocenters. The molecule has 0 aliphatic carbocycles. The molecule has 5 nitrogen and oxygen atoms in total. The Labute approximate surface area is 169 Å². The molecule has 0 saturated carbocycles. The van der Waals surface area contributed by atoms with E-state index < -0.39 is 26.6 Å². The zero-order valence-electron chi connectivity index (χ0n) is 16.1. The third-order valence-corrected chi connectivity index (χ3v) is 6.22. The molecular formula is C22H21FN2O3S. The van der Waals surface area contributed by atoms with Crippen LogP contribution in [0, 0.1) is 12.7 Å². The van der Waals surface area contributed by atoms with E-state index in [2.05, 4.69) is 5.32 Å². The van der Waals surface area contributed by atoms with Gasteiger partial charge in [0.1, 0.15) is 10.7 Å². The lowest BCUT2D eigenvalue weighted by molar-refractivity contribution is 0.102. The Kier molecular flexibility index (Phi) is 6.10. The molecular weight excluding hydrogens is 391 g/mol. The normalized spacial score (nSPS) is 11.4. The number of nitrogens with zero attached hydrogens (tertiary/aromatic N) is 1. The molecule has 3 rings (SSSR count). The van der Waals surface area contributed by atoms with Crippen molar-refractivity contribution >= 4 is 21.6 Å². The number of benzene rings is 3. The molecule has 0 fully saturated rings. The summed E-state index contributed by atoms with van der Waals surface area (Å²) in [4.78, 5) is 12.0. The zero-order valence-corrected chi connectivity index (χ0v) is 16.9. The Balaban J connectivity index is 1.86. The van der Waals surface area contributed by atoms with Gasteiger partial charge in [0.15, 0.2) is 0 Å². The van der Waals surface area contributed by atoms with Gasteiger partial charge in [0.2, 0.25) is 10.0 Å². The number of rotatable bonds is 6. The van der Waals surface area contributed by atoms with Gasteiger partial charge >= 0.3 is 0 Å². The molecule has 1 N–H and O–H groups in total. The van der Waals surface area contributed by atoms with Gasteiger partial charge in [-0.3, -0.25) is 4.79 Å². The highest BCUT2D eigenvalue weighted by Crippen LogP contribution is 2.22. The average molecular weight is 412 g/mol. The predicted octanol–water partition coefficient (Wildman–Crippen LogP) is 4.21. The van der Waals surface area contributed by atoms with Gasteiger partial charge < -0.3 is 5.32 Å². The Hall–Kier alpha value is -3.03. The van der Waals surface area contributed by atoms with Crippen molar-refractivity contribution in [2.24, 2.45) is 0 Å². The summed E-state index contributed by atoms with van der Waals surface area (Å²) < 4.78 is 41.2. The summed E-state index contributed by atoms with van der Waals surface area (Å²) in [5, 5.41) is 2.70. The maximum Gasteiger partial charge on any atom is 0.255 e. The second-order valence-electron chi connectivity index (χ2n) is 6.72. The first-order chi connectivity index (χ1) is 13.8. The molecule has 3 aromatic rings. The minimum atomic E-state index is -4.13. The van der Waals surface area contributed by atoms with E-state index in [1.54, 1.807) is 42.5 Å². The Morgan fingerprint density at radius 2 is 1.72 bits per heavy atom. The molecule has 150 valence electrons. The van der Waals surface area contributed by atoms with E-state index in [0.29, 0.717) is 5.69 Å². The SMILES string of the molecule is Cc1cccc(NC(=O)c2ccc(F)c(S(=O)(=O)N(C)Cc3ccccc3)c2)c1. The predicted molar refractivity (Wildman–Crippen MR) is 111 cm³/mol. The maximum atomic E-state index is 14.4. The van der Waals surface area contributed by atoms with Crippen LogP contribution in [0.4, 0.5) is 10.1 Å². The zero-order chi connectivity index (χ0) is 21.0. The van der Waals surface area contributed by atoms with E-state index in [0.717, 1.165) is 27.6 Å². The van der Waals surface area contributed by atoms with Gasteiger partial charge in [-0.2, -0.15) is 4.31 Å². The number of carbonyl (C=O) groups excluding carboxylic acids is 1. The first-order valence-electron chi connectivity index (χ1n) is 8.95. The number of nitrogens with one attached hydrogen (secondary N) is 1. The summed E-state index contributed by atoms with van der Waals surface area (Å²) in [6.45, 7) is 1.98. The number of sulfonamides is 1. The molecule has 0 aromatic heterocycles. The quantitative estimate of drug-likeness (QED) is 0.660. The van der Waals surface area contributed by atoms with E-state index in [-0.39, 0.29) is 12.1 Å². The van der Waals surface area contributed by atoms with Crippen molar-refractivity contribution in [3.63, 3.8) is 0 Å². The number of hydrogen-bond acceptors (Lipinski definition) is 3. The van der Waals surface area contributed by atoms with Crippen molar-refractivity contribution in [2.75, 3.05) is 12.4 Å². The van der Waals surface area contributed by atoms with E-state index in [1.165, 1.54) is 13.1 Å². The van der Waals surface area contributed by atoms with Crippen molar-refractivity contribution in [1.29, 1.82) is 0 Å². The molecule has 1 amide bonds. The van der Waals surface area contributed by atoms with Crippen LogP contribution in [0.25, 0.3) is 0 Å². The lowest BCUT2D eigenvalue weighted by Crippen LogP contribution is -2.27.